The van der Waals surface area contributed by atoms with Gasteiger partial charge in [0.15, 0.2) is 0 Å². The van der Waals surface area contributed by atoms with Gasteiger partial charge in [0, 0.05) is 4.70 Å². The normalized spacial score (nSPS) is 12.9. The first-order chi connectivity index (χ1) is 9.28. The zero-order chi connectivity index (χ0) is 13.2. The van der Waals surface area contributed by atoms with Gasteiger partial charge in [-0.3, -0.25) is 0 Å². The van der Waals surface area contributed by atoms with Gasteiger partial charge in [0.05, 0.1) is 6.04 Å². The van der Waals surface area contributed by atoms with Crippen LogP contribution in [0.4, 0.5) is 0 Å². The van der Waals surface area contributed by atoms with E-state index in [1.165, 1.54) is 15.6 Å². The highest BCUT2D eigenvalue weighted by Gasteiger charge is 2.15. The summed E-state index contributed by atoms with van der Waals surface area (Å²) < 4.78 is 7.09. The first-order valence-corrected chi connectivity index (χ1v) is 7.34. The highest BCUT2D eigenvalue weighted by Crippen LogP contribution is 2.29. The Morgan fingerprint density at radius 2 is 2.05 bits per heavy atom. The molecule has 0 fully saturated rings. The lowest BCUT2D eigenvalue weighted by Crippen LogP contribution is -2.18. The minimum atomic E-state index is 0.228. The van der Waals surface area contributed by atoms with Crippen LogP contribution in [0, 0.1) is 6.92 Å². The maximum absolute atomic E-state index is 5.74. The number of rotatable bonds is 4. The van der Waals surface area contributed by atoms with Gasteiger partial charge in [-0.1, -0.05) is 18.2 Å². The fraction of sp³-hybridized carbons (Fsp3) is 0.250. The Morgan fingerprint density at radius 3 is 2.79 bits per heavy atom. The maximum atomic E-state index is 5.74. The summed E-state index contributed by atoms with van der Waals surface area (Å²) in [5.74, 6) is 1.97. The summed E-state index contributed by atoms with van der Waals surface area (Å²) in [4.78, 5) is 0. The standard InChI is InChI=1S/C16H17NOS/c1-11-7-8-15(18-11)14(17-2)9-12-10-19-16-6-4-3-5-13(12)16/h3-8,10,14,17H,9H2,1-2H3. The lowest BCUT2D eigenvalue weighted by Gasteiger charge is -2.13. The van der Waals surface area contributed by atoms with Crippen molar-refractivity contribution in [2.24, 2.45) is 0 Å². The summed E-state index contributed by atoms with van der Waals surface area (Å²) in [5, 5.41) is 6.96. The molecule has 0 saturated heterocycles. The van der Waals surface area contributed by atoms with Gasteiger partial charge in [-0.2, -0.15) is 0 Å². The van der Waals surface area contributed by atoms with E-state index in [0.717, 1.165) is 17.9 Å². The Hall–Kier alpha value is -1.58. The average molecular weight is 271 g/mol. The van der Waals surface area contributed by atoms with E-state index in [-0.39, 0.29) is 6.04 Å². The van der Waals surface area contributed by atoms with Crippen molar-refractivity contribution in [1.29, 1.82) is 0 Å². The van der Waals surface area contributed by atoms with Crippen molar-refractivity contribution in [3.05, 3.63) is 58.9 Å². The van der Waals surface area contributed by atoms with Gasteiger partial charge in [-0.15, -0.1) is 11.3 Å². The SMILES string of the molecule is CNC(Cc1csc2ccccc12)c1ccc(C)o1. The third kappa shape index (κ3) is 2.44. The molecule has 3 aromatic rings. The largest absolute Gasteiger partial charge is 0.465 e. The van der Waals surface area contributed by atoms with Crippen molar-refractivity contribution in [2.75, 3.05) is 7.05 Å². The second kappa shape index (κ2) is 5.19. The van der Waals surface area contributed by atoms with Crippen LogP contribution in [0.5, 0.6) is 0 Å². The Kier molecular flexibility index (Phi) is 3.40. The van der Waals surface area contributed by atoms with Gasteiger partial charge in [0.1, 0.15) is 11.5 Å². The maximum Gasteiger partial charge on any atom is 0.121 e. The summed E-state index contributed by atoms with van der Waals surface area (Å²) >= 11 is 1.81. The van der Waals surface area contributed by atoms with Gasteiger partial charge in [-0.05, 0) is 54.9 Å². The molecule has 2 nitrogen and oxygen atoms in total. The molecule has 0 amide bonds. The van der Waals surface area contributed by atoms with E-state index < -0.39 is 0 Å². The van der Waals surface area contributed by atoms with Gasteiger partial charge >= 0.3 is 0 Å². The molecule has 0 aliphatic carbocycles. The van der Waals surface area contributed by atoms with E-state index in [1.807, 2.05) is 31.4 Å². The molecule has 1 aromatic carbocycles. The summed E-state index contributed by atoms with van der Waals surface area (Å²) in [6, 6.07) is 12.9. The lowest BCUT2D eigenvalue weighted by molar-refractivity contribution is 0.415. The number of nitrogens with one attached hydrogen (secondary N) is 1. The van der Waals surface area contributed by atoms with Crippen molar-refractivity contribution >= 4 is 21.4 Å². The van der Waals surface area contributed by atoms with Crippen LogP contribution in [0.15, 0.2) is 46.2 Å². The van der Waals surface area contributed by atoms with Gasteiger partial charge < -0.3 is 9.73 Å². The zero-order valence-electron chi connectivity index (χ0n) is 11.1. The predicted octanol–water partition coefficient (Wildman–Crippen LogP) is 4.31. The van der Waals surface area contributed by atoms with Crippen LogP contribution in [-0.2, 0) is 6.42 Å². The molecular formula is C16H17NOS. The third-order valence-electron chi connectivity index (χ3n) is 3.44. The molecule has 2 heterocycles. The van der Waals surface area contributed by atoms with Gasteiger partial charge in [0.25, 0.3) is 0 Å². The molecule has 2 aromatic heterocycles. The number of aryl methyl sites for hydroxylation is 1. The van der Waals surface area contributed by atoms with Crippen LogP contribution in [0.25, 0.3) is 10.1 Å². The molecule has 0 aliphatic rings. The number of likely N-dealkylation sites (N-methyl/N-ethyl adjacent to an activating group) is 1. The van der Waals surface area contributed by atoms with Crippen LogP contribution in [0.1, 0.15) is 23.1 Å². The molecule has 0 bridgehead atoms. The van der Waals surface area contributed by atoms with E-state index >= 15 is 0 Å². The Labute approximate surface area is 117 Å². The second-order valence-electron chi connectivity index (χ2n) is 4.75. The first kappa shape index (κ1) is 12.5. The van der Waals surface area contributed by atoms with E-state index in [0.29, 0.717) is 0 Å². The number of furan rings is 1. The smallest absolute Gasteiger partial charge is 0.121 e. The van der Waals surface area contributed by atoms with E-state index in [9.17, 15) is 0 Å². The van der Waals surface area contributed by atoms with Crippen LogP contribution >= 0.6 is 11.3 Å². The van der Waals surface area contributed by atoms with Crippen molar-refractivity contribution < 1.29 is 4.42 Å². The van der Waals surface area contributed by atoms with Crippen LogP contribution < -0.4 is 5.32 Å². The fourth-order valence-electron chi connectivity index (χ4n) is 2.40. The molecule has 98 valence electrons. The number of thiophene rings is 1. The van der Waals surface area contributed by atoms with Crippen molar-refractivity contribution in [3.8, 4) is 0 Å². The molecule has 1 atom stereocenters. The van der Waals surface area contributed by atoms with Crippen molar-refractivity contribution in [1.82, 2.24) is 5.32 Å². The first-order valence-electron chi connectivity index (χ1n) is 6.46. The lowest BCUT2D eigenvalue weighted by atomic mass is 10.0. The topological polar surface area (TPSA) is 25.2 Å². The molecule has 3 heteroatoms. The molecule has 0 spiro atoms. The van der Waals surface area contributed by atoms with Crippen molar-refractivity contribution in [3.63, 3.8) is 0 Å². The Balaban J connectivity index is 1.90. The number of hydrogen-bond donors (Lipinski definition) is 1. The molecule has 0 aliphatic heterocycles. The summed E-state index contributed by atoms with van der Waals surface area (Å²) in [6.45, 7) is 1.98. The highest BCUT2D eigenvalue weighted by atomic mass is 32.1. The van der Waals surface area contributed by atoms with Crippen LogP contribution in [0.2, 0.25) is 0 Å². The number of hydrogen-bond acceptors (Lipinski definition) is 3. The molecule has 1 unspecified atom stereocenters. The molecule has 0 radical (unpaired) electrons. The number of benzene rings is 1. The zero-order valence-corrected chi connectivity index (χ0v) is 12.0. The van der Waals surface area contributed by atoms with E-state index in [4.69, 9.17) is 4.42 Å². The van der Waals surface area contributed by atoms with E-state index in [1.54, 1.807) is 0 Å². The minimum absolute atomic E-state index is 0.228. The van der Waals surface area contributed by atoms with Gasteiger partial charge in [0.2, 0.25) is 0 Å². The van der Waals surface area contributed by atoms with E-state index in [2.05, 4.69) is 41.0 Å². The third-order valence-corrected chi connectivity index (χ3v) is 4.45. The fourth-order valence-corrected chi connectivity index (χ4v) is 3.37. The number of fused-ring (bicyclic) bond motifs is 1. The quantitative estimate of drug-likeness (QED) is 0.765. The molecule has 3 rings (SSSR count). The predicted molar refractivity (Wildman–Crippen MR) is 80.8 cm³/mol. The van der Waals surface area contributed by atoms with Crippen LogP contribution in [0.3, 0.4) is 0 Å². The summed E-state index contributed by atoms with van der Waals surface area (Å²) in [6.07, 6.45) is 0.952. The van der Waals surface area contributed by atoms with Crippen LogP contribution in [-0.4, -0.2) is 7.05 Å². The minimum Gasteiger partial charge on any atom is -0.465 e. The monoisotopic (exact) mass is 271 g/mol. The Bertz CT molecular complexity index is 683. The highest BCUT2D eigenvalue weighted by molar-refractivity contribution is 7.17. The second-order valence-corrected chi connectivity index (χ2v) is 5.66. The average Bonchev–Trinajstić information content (AvgIpc) is 3.03. The molecule has 19 heavy (non-hydrogen) atoms. The summed E-state index contributed by atoms with van der Waals surface area (Å²) in [7, 11) is 1.98. The Morgan fingerprint density at radius 1 is 1.21 bits per heavy atom. The van der Waals surface area contributed by atoms with Crippen molar-refractivity contribution in [2.45, 2.75) is 19.4 Å². The molecule has 0 saturated carbocycles. The molecule has 1 N–H and O–H groups in total. The molecular weight excluding hydrogens is 254 g/mol. The van der Waals surface area contributed by atoms with Gasteiger partial charge in [-0.25, -0.2) is 0 Å². The summed E-state index contributed by atoms with van der Waals surface area (Å²) in [5.41, 5.74) is 1.38.